The first-order valence-electron chi connectivity index (χ1n) is 4.88. The third-order valence-electron chi connectivity index (χ3n) is 2.49. The first-order chi connectivity index (χ1) is 6.68. The molecule has 0 radical (unpaired) electrons. The van der Waals surface area contributed by atoms with E-state index < -0.39 is 0 Å². The molecular formula is C11H15N3. The molecule has 1 atom stereocenters. The standard InChI is InChI=1S/C11H15N3/c1-7(2)11(12)10-4-3-8-9(14-10)5-6-13-8/h3-7,11,13H,12H2,1-2H3. The van der Waals surface area contributed by atoms with E-state index in [0.29, 0.717) is 5.92 Å². The molecular weight excluding hydrogens is 174 g/mol. The topological polar surface area (TPSA) is 54.7 Å². The molecule has 0 aliphatic rings. The maximum atomic E-state index is 6.02. The summed E-state index contributed by atoms with van der Waals surface area (Å²) >= 11 is 0. The van der Waals surface area contributed by atoms with Crippen LogP contribution in [0, 0.1) is 5.92 Å². The fraction of sp³-hybridized carbons (Fsp3) is 0.364. The van der Waals surface area contributed by atoms with Crippen LogP contribution in [0.3, 0.4) is 0 Å². The maximum Gasteiger partial charge on any atom is 0.0882 e. The van der Waals surface area contributed by atoms with E-state index in [0.717, 1.165) is 16.7 Å². The molecule has 2 aromatic rings. The molecule has 0 fully saturated rings. The minimum atomic E-state index is 0.0225. The number of H-pyrrole nitrogens is 1. The van der Waals surface area contributed by atoms with E-state index in [1.54, 1.807) is 0 Å². The number of rotatable bonds is 2. The molecule has 0 aliphatic heterocycles. The van der Waals surface area contributed by atoms with Crippen molar-refractivity contribution in [1.29, 1.82) is 0 Å². The Hall–Kier alpha value is -1.35. The lowest BCUT2D eigenvalue weighted by Crippen LogP contribution is -2.17. The smallest absolute Gasteiger partial charge is 0.0882 e. The highest BCUT2D eigenvalue weighted by molar-refractivity contribution is 5.74. The van der Waals surface area contributed by atoms with Crippen molar-refractivity contribution in [3.8, 4) is 0 Å². The number of nitrogens with two attached hydrogens (primary N) is 1. The Kier molecular flexibility index (Phi) is 2.25. The molecule has 0 aromatic carbocycles. The number of hydrogen-bond donors (Lipinski definition) is 2. The summed E-state index contributed by atoms with van der Waals surface area (Å²) in [5.41, 5.74) is 9.03. The van der Waals surface area contributed by atoms with Crippen LogP contribution in [-0.2, 0) is 0 Å². The first kappa shape index (κ1) is 9.21. The summed E-state index contributed by atoms with van der Waals surface area (Å²) in [5, 5.41) is 0. The largest absolute Gasteiger partial charge is 0.360 e. The number of aromatic nitrogens is 2. The molecule has 0 amide bonds. The highest BCUT2D eigenvalue weighted by atomic mass is 14.8. The van der Waals surface area contributed by atoms with Gasteiger partial charge in [0.25, 0.3) is 0 Å². The van der Waals surface area contributed by atoms with Crippen molar-refractivity contribution in [2.75, 3.05) is 0 Å². The molecule has 2 rings (SSSR count). The van der Waals surface area contributed by atoms with Gasteiger partial charge in [0.05, 0.1) is 16.7 Å². The van der Waals surface area contributed by atoms with E-state index in [2.05, 4.69) is 23.8 Å². The fourth-order valence-electron chi connectivity index (χ4n) is 1.48. The van der Waals surface area contributed by atoms with E-state index in [1.807, 2.05) is 24.4 Å². The molecule has 3 heteroatoms. The molecule has 2 heterocycles. The van der Waals surface area contributed by atoms with Gasteiger partial charge >= 0.3 is 0 Å². The van der Waals surface area contributed by atoms with Gasteiger partial charge in [-0.05, 0) is 24.1 Å². The lowest BCUT2D eigenvalue weighted by atomic mass is 10.0. The average molecular weight is 189 g/mol. The van der Waals surface area contributed by atoms with Gasteiger partial charge in [-0.3, -0.25) is 0 Å². The number of aromatic amines is 1. The van der Waals surface area contributed by atoms with Crippen LogP contribution in [0.5, 0.6) is 0 Å². The summed E-state index contributed by atoms with van der Waals surface area (Å²) in [6.45, 7) is 4.21. The predicted molar refractivity (Wildman–Crippen MR) is 57.9 cm³/mol. The van der Waals surface area contributed by atoms with E-state index in [4.69, 9.17) is 5.73 Å². The summed E-state index contributed by atoms with van der Waals surface area (Å²) in [4.78, 5) is 7.61. The van der Waals surface area contributed by atoms with Crippen molar-refractivity contribution in [1.82, 2.24) is 9.97 Å². The second-order valence-electron chi connectivity index (χ2n) is 3.92. The Labute approximate surface area is 83.3 Å². The van der Waals surface area contributed by atoms with Gasteiger partial charge in [-0.15, -0.1) is 0 Å². The fourth-order valence-corrected chi connectivity index (χ4v) is 1.48. The Bertz CT molecular complexity index is 431. The van der Waals surface area contributed by atoms with Gasteiger partial charge < -0.3 is 10.7 Å². The number of fused-ring (bicyclic) bond motifs is 1. The number of pyridine rings is 1. The second-order valence-corrected chi connectivity index (χ2v) is 3.92. The van der Waals surface area contributed by atoms with Crippen molar-refractivity contribution in [2.24, 2.45) is 11.7 Å². The van der Waals surface area contributed by atoms with Crippen molar-refractivity contribution < 1.29 is 0 Å². The Balaban J connectivity index is 2.43. The minimum absolute atomic E-state index is 0.0225. The van der Waals surface area contributed by atoms with E-state index in [1.165, 1.54) is 0 Å². The Morgan fingerprint density at radius 2 is 2.07 bits per heavy atom. The number of nitrogens with one attached hydrogen (secondary N) is 1. The summed E-state index contributed by atoms with van der Waals surface area (Å²) in [6.07, 6.45) is 1.89. The molecule has 74 valence electrons. The lowest BCUT2D eigenvalue weighted by Gasteiger charge is -2.14. The van der Waals surface area contributed by atoms with Gasteiger partial charge in [0, 0.05) is 12.2 Å². The Morgan fingerprint density at radius 1 is 1.29 bits per heavy atom. The van der Waals surface area contributed by atoms with Gasteiger partial charge in [0.1, 0.15) is 0 Å². The zero-order chi connectivity index (χ0) is 10.1. The molecule has 3 N–H and O–H groups in total. The summed E-state index contributed by atoms with van der Waals surface area (Å²) in [6, 6.07) is 6.00. The van der Waals surface area contributed by atoms with Crippen LogP contribution in [0.25, 0.3) is 11.0 Å². The molecule has 0 spiro atoms. The zero-order valence-corrected chi connectivity index (χ0v) is 8.49. The molecule has 0 saturated heterocycles. The van der Waals surface area contributed by atoms with Gasteiger partial charge in [0.2, 0.25) is 0 Å². The Morgan fingerprint density at radius 3 is 2.79 bits per heavy atom. The van der Waals surface area contributed by atoms with E-state index in [9.17, 15) is 0 Å². The SMILES string of the molecule is CC(C)C(N)c1ccc2[nH]ccc2n1. The van der Waals surface area contributed by atoms with Gasteiger partial charge in [0.15, 0.2) is 0 Å². The normalized spacial score (nSPS) is 13.7. The second kappa shape index (κ2) is 3.42. The van der Waals surface area contributed by atoms with Gasteiger partial charge in [-0.25, -0.2) is 4.98 Å². The molecule has 1 unspecified atom stereocenters. The monoisotopic (exact) mass is 189 g/mol. The summed E-state index contributed by atoms with van der Waals surface area (Å²) in [7, 11) is 0. The quantitative estimate of drug-likeness (QED) is 0.761. The van der Waals surface area contributed by atoms with Crippen molar-refractivity contribution in [3.63, 3.8) is 0 Å². The third kappa shape index (κ3) is 1.51. The van der Waals surface area contributed by atoms with Crippen LogP contribution in [0.4, 0.5) is 0 Å². The summed E-state index contributed by atoms with van der Waals surface area (Å²) in [5.74, 6) is 0.416. The van der Waals surface area contributed by atoms with E-state index in [-0.39, 0.29) is 6.04 Å². The van der Waals surface area contributed by atoms with Crippen LogP contribution >= 0.6 is 0 Å². The third-order valence-corrected chi connectivity index (χ3v) is 2.49. The molecule has 0 bridgehead atoms. The van der Waals surface area contributed by atoms with Crippen LogP contribution in [0.15, 0.2) is 24.4 Å². The van der Waals surface area contributed by atoms with Crippen LogP contribution < -0.4 is 5.73 Å². The van der Waals surface area contributed by atoms with Gasteiger partial charge in [-0.2, -0.15) is 0 Å². The predicted octanol–water partition coefficient (Wildman–Crippen LogP) is 2.22. The van der Waals surface area contributed by atoms with Crippen molar-refractivity contribution in [3.05, 3.63) is 30.1 Å². The highest BCUT2D eigenvalue weighted by Crippen LogP contribution is 2.19. The van der Waals surface area contributed by atoms with E-state index >= 15 is 0 Å². The average Bonchev–Trinajstić information content (AvgIpc) is 2.62. The lowest BCUT2D eigenvalue weighted by molar-refractivity contribution is 0.504. The molecule has 0 saturated carbocycles. The summed E-state index contributed by atoms with van der Waals surface area (Å²) < 4.78 is 0. The molecule has 2 aromatic heterocycles. The molecule has 14 heavy (non-hydrogen) atoms. The van der Waals surface area contributed by atoms with Crippen molar-refractivity contribution >= 4 is 11.0 Å². The van der Waals surface area contributed by atoms with Crippen LogP contribution in [0.1, 0.15) is 25.6 Å². The zero-order valence-electron chi connectivity index (χ0n) is 8.49. The first-order valence-corrected chi connectivity index (χ1v) is 4.88. The van der Waals surface area contributed by atoms with Crippen LogP contribution in [0.2, 0.25) is 0 Å². The van der Waals surface area contributed by atoms with Crippen LogP contribution in [-0.4, -0.2) is 9.97 Å². The van der Waals surface area contributed by atoms with Gasteiger partial charge in [-0.1, -0.05) is 13.8 Å². The maximum absolute atomic E-state index is 6.02. The molecule has 3 nitrogen and oxygen atoms in total. The molecule has 0 aliphatic carbocycles. The number of nitrogens with zero attached hydrogens (tertiary/aromatic N) is 1. The van der Waals surface area contributed by atoms with Crippen molar-refractivity contribution in [2.45, 2.75) is 19.9 Å². The minimum Gasteiger partial charge on any atom is -0.360 e. The number of hydrogen-bond acceptors (Lipinski definition) is 2. The highest BCUT2D eigenvalue weighted by Gasteiger charge is 2.12.